The topological polar surface area (TPSA) is 36.8 Å². The van der Waals surface area contributed by atoms with Crippen molar-refractivity contribution in [1.29, 1.82) is 0 Å². The van der Waals surface area contributed by atoms with Crippen LogP contribution in [0.3, 0.4) is 0 Å². The quantitative estimate of drug-likeness (QED) is 0.454. The van der Waals surface area contributed by atoms with Crippen LogP contribution in [0.25, 0.3) is 10.8 Å². The molecule has 1 N–H and O–H groups in total. The average molecular weight is 396 g/mol. The van der Waals surface area contributed by atoms with E-state index in [0.717, 1.165) is 44.2 Å². The first-order chi connectivity index (χ1) is 14.3. The minimum Gasteiger partial charge on any atom is -0.324 e. The molecule has 0 radical (unpaired) electrons. The highest BCUT2D eigenvalue weighted by Gasteiger charge is 2.20. The molecule has 5 rings (SSSR count). The Bertz CT molecular complexity index is 1230. The molecule has 29 heavy (non-hydrogen) atoms. The van der Waals surface area contributed by atoms with E-state index in [1.807, 2.05) is 54.6 Å². The van der Waals surface area contributed by atoms with Crippen molar-refractivity contribution < 1.29 is 0 Å². The van der Waals surface area contributed by atoms with Crippen LogP contribution in [0.2, 0.25) is 5.02 Å². The molecule has 4 aromatic rings. The summed E-state index contributed by atoms with van der Waals surface area (Å²) in [6.45, 7) is 0. The number of amidine groups is 2. The zero-order valence-corrected chi connectivity index (χ0v) is 16.3. The lowest BCUT2D eigenvalue weighted by Crippen LogP contribution is -2.36. The van der Waals surface area contributed by atoms with Gasteiger partial charge >= 0.3 is 0 Å². The van der Waals surface area contributed by atoms with E-state index in [2.05, 4.69) is 47.8 Å². The van der Waals surface area contributed by atoms with E-state index in [1.165, 1.54) is 0 Å². The Labute approximate surface area is 174 Å². The molecule has 0 saturated carbocycles. The standard InChI is InChI=1S/C25H18ClN3/c26-22-13-7-12-19-16-20(14-15-21(19)22)25-28-23(17-8-3-1-4-9-17)27-24(29-25)18-10-5-2-6-11-18/h1-16,23H,(H,27,28,29). The van der Waals surface area contributed by atoms with Crippen molar-refractivity contribution in [3.63, 3.8) is 0 Å². The van der Waals surface area contributed by atoms with Gasteiger partial charge in [-0.25, -0.2) is 9.98 Å². The van der Waals surface area contributed by atoms with Gasteiger partial charge in [-0.1, -0.05) is 96.5 Å². The third-order valence-corrected chi connectivity index (χ3v) is 5.31. The summed E-state index contributed by atoms with van der Waals surface area (Å²) in [4.78, 5) is 9.78. The van der Waals surface area contributed by atoms with Gasteiger partial charge in [-0.15, -0.1) is 0 Å². The minimum atomic E-state index is -0.294. The minimum absolute atomic E-state index is 0.294. The first-order valence-electron chi connectivity index (χ1n) is 9.49. The maximum absolute atomic E-state index is 6.34. The Balaban J connectivity index is 1.61. The Morgan fingerprint density at radius 2 is 1.34 bits per heavy atom. The van der Waals surface area contributed by atoms with Crippen LogP contribution < -0.4 is 5.32 Å². The van der Waals surface area contributed by atoms with Gasteiger partial charge in [0.15, 0.2) is 6.17 Å². The highest BCUT2D eigenvalue weighted by molar-refractivity contribution is 6.35. The second-order valence-electron chi connectivity index (χ2n) is 6.91. The third-order valence-electron chi connectivity index (χ3n) is 4.99. The van der Waals surface area contributed by atoms with E-state index in [-0.39, 0.29) is 6.17 Å². The molecule has 0 amide bonds. The maximum atomic E-state index is 6.34. The van der Waals surface area contributed by atoms with Crippen molar-refractivity contribution in [3.05, 3.63) is 119 Å². The average Bonchev–Trinajstić information content (AvgIpc) is 2.80. The monoisotopic (exact) mass is 395 g/mol. The number of hydrogen-bond acceptors (Lipinski definition) is 3. The molecule has 0 spiro atoms. The van der Waals surface area contributed by atoms with Gasteiger partial charge in [0.05, 0.1) is 0 Å². The molecule has 4 aromatic carbocycles. The highest BCUT2D eigenvalue weighted by atomic mass is 35.5. The Hall–Kier alpha value is -3.43. The molecule has 0 fully saturated rings. The van der Waals surface area contributed by atoms with Gasteiger partial charge in [0.1, 0.15) is 11.7 Å². The number of aliphatic imine (C=N–C) groups is 2. The third kappa shape index (κ3) is 3.53. The molecule has 0 aliphatic carbocycles. The second kappa shape index (κ2) is 7.53. The zero-order valence-electron chi connectivity index (χ0n) is 15.6. The van der Waals surface area contributed by atoms with Gasteiger partial charge in [-0.3, -0.25) is 0 Å². The predicted molar refractivity (Wildman–Crippen MR) is 121 cm³/mol. The van der Waals surface area contributed by atoms with Crippen LogP contribution in [0.5, 0.6) is 0 Å². The molecule has 0 bridgehead atoms. The van der Waals surface area contributed by atoms with Crippen LogP contribution in [0.1, 0.15) is 22.9 Å². The van der Waals surface area contributed by atoms with Crippen LogP contribution in [0.15, 0.2) is 107 Å². The van der Waals surface area contributed by atoms with Crippen molar-refractivity contribution in [2.24, 2.45) is 9.98 Å². The van der Waals surface area contributed by atoms with E-state index < -0.39 is 0 Å². The molecule has 4 heteroatoms. The molecule has 0 saturated heterocycles. The highest BCUT2D eigenvalue weighted by Crippen LogP contribution is 2.27. The van der Waals surface area contributed by atoms with Gasteiger partial charge < -0.3 is 5.32 Å². The van der Waals surface area contributed by atoms with E-state index in [4.69, 9.17) is 21.6 Å². The Morgan fingerprint density at radius 1 is 0.655 bits per heavy atom. The molecule has 1 aliphatic heterocycles. The summed E-state index contributed by atoms with van der Waals surface area (Å²) in [5.41, 5.74) is 3.09. The summed E-state index contributed by atoms with van der Waals surface area (Å²) in [6.07, 6.45) is -0.294. The fraction of sp³-hybridized carbons (Fsp3) is 0.0400. The summed E-state index contributed by atoms with van der Waals surface area (Å²) in [5, 5.41) is 6.30. The molecule has 1 aliphatic rings. The van der Waals surface area contributed by atoms with Crippen molar-refractivity contribution in [2.75, 3.05) is 0 Å². The molecular weight excluding hydrogens is 378 g/mol. The number of nitrogens with zero attached hydrogens (tertiary/aromatic N) is 2. The SMILES string of the molecule is Clc1cccc2cc(C3=NC(c4ccccc4)N=C(c4ccccc4)N3)ccc12. The summed E-state index contributed by atoms with van der Waals surface area (Å²) < 4.78 is 0. The fourth-order valence-corrected chi connectivity index (χ4v) is 3.75. The summed E-state index contributed by atoms with van der Waals surface area (Å²) in [5.74, 6) is 1.62. The van der Waals surface area contributed by atoms with Crippen molar-refractivity contribution in [2.45, 2.75) is 6.17 Å². The summed E-state index contributed by atoms with van der Waals surface area (Å²) in [6, 6.07) is 32.4. The van der Waals surface area contributed by atoms with Gasteiger partial charge in [0, 0.05) is 21.5 Å². The van der Waals surface area contributed by atoms with Crippen molar-refractivity contribution >= 4 is 34.0 Å². The number of nitrogens with one attached hydrogen (secondary N) is 1. The number of benzene rings is 4. The number of rotatable bonds is 3. The molecule has 3 nitrogen and oxygen atoms in total. The van der Waals surface area contributed by atoms with Gasteiger partial charge in [0.25, 0.3) is 0 Å². The normalized spacial score (nSPS) is 16.1. The Kier molecular flexibility index (Phi) is 4.59. The molecule has 1 unspecified atom stereocenters. The predicted octanol–water partition coefficient (Wildman–Crippen LogP) is 5.99. The summed E-state index contributed by atoms with van der Waals surface area (Å²) in [7, 11) is 0. The molecule has 1 heterocycles. The van der Waals surface area contributed by atoms with Crippen LogP contribution >= 0.6 is 11.6 Å². The van der Waals surface area contributed by atoms with E-state index >= 15 is 0 Å². The fourth-order valence-electron chi connectivity index (χ4n) is 3.51. The summed E-state index contributed by atoms with van der Waals surface area (Å²) >= 11 is 6.34. The van der Waals surface area contributed by atoms with Gasteiger partial charge in [-0.2, -0.15) is 0 Å². The maximum Gasteiger partial charge on any atom is 0.169 e. The van der Waals surface area contributed by atoms with Gasteiger partial charge in [-0.05, 0) is 23.1 Å². The van der Waals surface area contributed by atoms with Crippen LogP contribution in [-0.4, -0.2) is 11.7 Å². The van der Waals surface area contributed by atoms with Gasteiger partial charge in [0.2, 0.25) is 0 Å². The molecule has 0 aromatic heterocycles. The van der Waals surface area contributed by atoms with Crippen molar-refractivity contribution in [1.82, 2.24) is 5.32 Å². The zero-order chi connectivity index (χ0) is 19.6. The van der Waals surface area contributed by atoms with E-state index in [9.17, 15) is 0 Å². The first-order valence-corrected chi connectivity index (χ1v) is 9.87. The second-order valence-corrected chi connectivity index (χ2v) is 7.31. The molecule has 1 atom stereocenters. The lowest BCUT2D eigenvalue weighted by molar-refractivity contribution is 0.756. The largest absolute Gasteiger partial charge is 0.324 e. The number of halogens is 1. The Morgan fingerprint density at radius 3 is 2.10 bits per heavy atom. The van der Waals surface area contributed by atoms with E-state index in [0.29, 0.717) is 0 Å². The van der Waals surface area contributed by atoms with Crippen LogP contribution in [-0.2, 0) is 0 Å². The lowest BCUT2D eigenvalue weighted by Gasteiger charge is -2.22. The molecular formula is C25H18ClN3. The molecule has 140 valence electrons. The smallest absolute Gasteiger partial charge is 0.169 e. The van der Waals surface area contributed by atoms with E-state index in [1.54, 1.807) is 0 Å². The van der Waals surface area contributed by atoms with Crippen LogP contribution in [0.4, 0.5) is 0 Å². The first kappa shape index (κ1) is 17.7. The van der Waals surface area contributed by atoms with Crippen molar-refractivity contribution in [3.8, 4) is 0 Å². The number of hydrogen-bond donors (Lipinski definition) is 1. The lowest BCUT2D eigenvalue weighted by atomic mass is 10.0. The van der Waals surface area contributed by atoms with Crippen LogP contribution in [0, 0.1) is 0 Å². The number of fused-ring (bicyclic) bond motifs is 1.